The van der Waals surface area contributed by atoms with Gasteiger partial charge in [0.15, 0.2) is 0 Å². The van der Waals surface area contributed by atoms with Crippen LogP contribution in [0.3, 0.4) is 0 Å². The van der Waals surface area contributed by atoms with Crippen molar-refractivity contribution in [1.82, 2.24) is 0 Å². The Labute approximate surface area is 349 Å². The molecule has 1 nitrogen and oxygen atoms in total. The maximum Gasteiger partial charge on any atom is 0.0720 e. The number of aryl methyl sites for hydroxylation is 2. The molecule has 0 amide bonds. The molecule has 7 aromatic rings. The molecule has 7 aliphatic rings. The lowest BCUT2D eigenvalue weighted by molar-refractivity contribution is -0.0397. The van der Waals surface area contributed by atoms with Crippen molar-refractivity contribution in [2.75, 3.05) is 4.90 Å². The Morgan fingerprint density at radius 3 is 1.66 bits per heavy atom. The number of anilines is 3. The molecule has 59 heavy (non-hydrogen) atoms. The number of nitrogens with zero attached hydrogens (tertiary/aromatic N) is 1. The fourth-order valence-corrected chi connectivity index (χ4v) is 14.7. The third-order valence-electron chi connectivity index (χ3n) is 16.6. The van der Waals surface area contributed by atoms with Crippen molar-refractivity contribution in [2.45, 2.75) is 76.0 Å². The molecule has 0 atom stereocenters. The smallest absolute Gasteiger partial charge is 0.0720 e. The number of benzene rings is 7. The molecule has 2 spiro atoms. The minimum Gasteiger partial charge on any atom is -0.310 e. The average molecular weight is 762 g/mol. The van der Waals surface area contributed by atoms with Gasteiger partial charge in [0.05, 0.1) is 16.8 Å². The number of para-hydroxylation sites is 1. The predicted molar refractivity (Wildman–Crippen MR) is 243 cm³/mol. The Kier molecular flexibility index (Phi) is 6.82. The SMILES string of the molecule is Cc1ccc2c(c1)C(C)(C)c1cc(C)ccc1C21c2ccccc2-c2c(N(c3ccccc3)c3cccc4c3C3(c5ccccc5-4)C4CC5CC(C4)CC3C5)cccc21. The van der Waals surface area contributed by atoms with Gasteiger partial charge in [0.25, 0.3) is 0 Å². The molecule has 0 saturated heterocycles. The van der Waals surface area contributed by atoms with E-state index in [0.29, 0.717) is 11.8 Å². The highest BCUT2D eigenvalue weighted by atomic mass is 15.2. The van der Waals surface area contributed by atoms with Gasteiger partial charge >= 0.3 is 0 Å². The molecule has 0 aromatic heterocycles. The summed E-state index contributed by atoms with van der Waals surface area (Å²) in [7, 11) is 0. The van der Waals surface area contributed by atoms with E-state index >= 15 is 0 Å². The molecule has 288 valence electrons. The monoisotopic (exact) mass is 761 g/mol. The molecule has 14 rings (SSSR count). The number of hydrogen-bond donors (Lipinski definition) is 0. The second kappa shape index (κ2) is 11.8. The van der Waals surface area contributed by atoms with Gasteiger partial charge in [-0.05, 0) is 155 Å². The lowest BCUT2D eigenvalue weighted by atomic mass is 9.43. The van der Waals surface area contributed by atoms with E-state index < -0.39 is 5.41 Å². The maximum atomic E-state index is 2.70. The summed E-state index contributed by atoms with van der Waals surface area (Å²) in [5, 5.41) is 0. The Morgan fingerprint density at radius 1 is 0.441 bits per heavy atom. The van der Waals surface area contributed by atoms with Crippen LogP contribution in [0.4, 0.5) is 17.1 Å². The summed E-state index contributed by atoms with van der Waals surface area (Å²) < 4.78 is 0. The van der Waals surface area contributed by atoms with Gasteiger partial charge < -0.3 is 4.90 Å². The highest BCUT2D eigenvalue weighted by molar-refractivity contribution is 6.00. The highest BCUT2D eigenvalue weighted by Crippen LogP contribution is 2.72. The Hall–Kier alpha value is -5.66. The molecule has 4 bridgehead atoms. The summed E-state index contributed by atoms with van der Waals surface area (Å²) in [6, 6.07) is 59.5. The Bertz CT molecular complexity index is 2830. The van der Waals surface area contributed by atoms with E-state index in [1.54, 1.807) is 11.1 Å². The molecule has 4 saturated carbocycles. The summed E-state index contributed by atoms with van der Waals surface area (Å²) in [5.41, 5.74) is 23.2. The first kappa shape index (κ1) is 34.2. The maximum absolute atomic E-state index is 2.70. The Morgan fingerprint density at radius 2 is 0.983 bits per heavy atom. The first-order valence-electron chi connectivity index (χ1n) is 22.4. The first-order chi connectivity index (χ1) is 28.8. The zero-order valence-corrected chi connectivity index (χ0v) is 34.7. The lowest BCUT2D eigenvalue weighted by Gasteiger charge is -2.61. The molecule has 0 radical (unpaired) electrons. The molecule has 0 unspecified atom stereocenters. The van der Waals surface area contributed by atoms with Gasteiger partial charge in [-0.15, -0.1) is 0 Å². The van der Waals surface area contributed by atoms with E-state index in [9.17, 15) is 0 Å². The summed E-state index contributed by atoms with van der Waals surface area (Å²) in [4.78, 5) is 2.70. The fourth-order valence-electron chi connectivity index (χ4n) is 14.7. The van der Waals surface area contributed by atoms with E-state index in [2.05, 4.69) is 184 Å². The number of fused-ring (bicyclic) bond motifs is 12. The van der Waals surface area contributed by atoms with E-state index in [4.69, 9.17) is 0 Å². The minimum atomic E-state index is -0.455. The topological polar surface area (TPSA) is 3.24 Å². The van der Waals surface area contributed by atoms with Crippen molar-refractivity contribution in [2.24, 2.45) is 23.7 Å². The zero-order valence-electron chi connectivity index (χ0n) is 34.7. The van der Waals surface area contributed by atoms with Crippen molar-refractivity contribution in [1.29, 1.82) is 0 Å². The van der Waals surface area contributed by atoms with Gasteiger partial charge in [-0.2, -0.15) is 0 Å². The van der Waals surface area contributed by atoms with E-state index in [1.165, 1.54) is 116 Å². The zero-order chi connectivity index (χ0) is 39.4. The minimum absolute atomic E-state index is 0.0304. The molecule has 4 fully saturated rings. The van der Waals surface area contributed by atoms with Crippen molar-refractivity contribution in [3.05, 3.63) is 207 Å². The van der Waals surface area contributed by atoms with Crippen LogP contribution < -0.4 is 4.90 Å². The highest BCUT2D eigenvalue weighted by Gasteiger charge is 2.63. The van der Waals surface area contributed by atoms with Crippen LogP contribution in [0.25, 0.3) is 22.3 Å². The molecule has 0 heterocycles. The standard InChI is InChI=1S/C58H51N/c1-35-24-26-47-50(28-35)56(3,4)51-29-36(2)25-27-48(51)58(47)46-20-11-9-17-44(46)54-49(58)21-13-22-52(54)59(41-14-6-5-7-15-41)53-23-12-18-43-42-16-8-10-19-45(42)57(55(43)53)39-31-37-30-38(33-39)34-40(57)32-37/h5-29,37-40H,30-34H2,1-4H3. The summed E-state index contributed by atoms with van der Waals surface area (Å²) >= 11 is 0. The normalized spacial score (nSPS) is 24.9. The molecular formula is C58H51N. The number of rotatable bonds is 3. The molecule has 7 aromatic carbocycles. The van der Waals surface area contributed by atoms with E-state index in [0.717, 1.165) is 11.8 Å². The lowest BCUT2D eigenvalue weighted by Crippen LogP contribution is -2.55. The summed E-state index contributed by atoms with van der Waals surface area (Å²) in [6.45, 7) is 9.40. The van der Waals surface area contributed by atoms with Crippen LogP contribution in [0.1, 0.15) is 102 Å². The van der Waals surface area contributed by atoms with Crippen LogP contribution in [0, 0.1) is 37.5 Å². The van der Waals surface area contributed by atoms with Gasteiger partial charge in [0.2, 0.25) is 0 Å². The summed E-state index contributed by atoms with van der Waals surface area (Å²) in [5.74, 6) is 3.13. The molecule has 0 N–H and O–H groups in total. The van der Waals surface area contributed by atoms with Gasteiger partial charge in [0, 0.05) is 22.1 Å². The second-order valence-corrected chi connectivity index (χ2v) is 19.8. The van der Waals surface area contributed by atoms with Crippen molar-refractivity contribution >= 4 is 17.1 Å². The molecular weight excluding hydrogens is 711 g/mol. The quantitative estimate of drug-likeness (QED) is 0.173. The largest absolute Gasteiger partial charge is 0.310 e. The van der Waals surface area contributed by atoms with E-state index in [-0.39, 0.29) is 10.8 Å². The van der Waals surface area contributed by atoms with Crippen LogP contribution in [0.2, 0.25) is 0 Å². The van der Waals surface area contributed by atoms with Gasteiger partial charge in [-0.3, -0.25) is 0 Å². The van der Waals surface area contributed by atoms with Gasteiger partial charge in [-0.1, -0.05) is 152 Å². The summed E-state index contributed by atoms with van der Waals surface area (Å²) in [6.07, 6.45) is 6.92. The van der Waals surface area contributed by atoms with Crippen molar-refractivity contribution in [3.63, 3.8) is 0 Å². The molecule has 7 aliphatic carbocycles. The van der Waals surface area contributed by atoms with Crippen LogP contribution >= 0.6 is 0 Å². The number of hydrogen-bond acceptors (Lipinski definition) is 1. The van der Waals surface area contributed by atoms with Crippen LogP contribution in [-0.2, 0) is 16.2 Å². The third-order valence-corrected chi connectivity index (χ3v) is 16.6. The second-order valence-electron chi connectivity index (χ2n) is 19.8. The van der Waals surface area contributed by atoms with Gasteiger partial charge in [-0.25, -0.2) is 0 Å². The third kappa shape index (κ3) is 4.17. The fraction of sp³-hybridized carbons (Fsp3) is 0.276. The van der Waals surface area contributed by atoms with Gasteiger partial charge in [0.1, 0.15) is 0 Å². The van der Waals surface area contributed by atoms with E-state index in [1.807, 2.05) is 0 Å². The van der Waals surface area contributed by atoms with Crippen LogP contribution in [0.5, 0.6) is 0 Å². The van der Waals surface area contributed by atoms with Crippen molar-refractivity contribution in [3.8, 4) is 22.3 Å². The predicted octanol–water partition coefficient (Wildman–Crippen LogP) is 14.5. The molecule has 1 heteroatoms. The Balaban J connectivity index is 1.13. The molecule has 0 aliphatic heterocycles. The first-order valence-corrected chi connectivity index (χ1v) is 22.4. The van der Waals surface area contributed by atoms with Crippen LogP contribution in [0.15, 0.2) is 152 Å². The van der Waals surface area contributed by atoms with Crippen molar-refractivity contribution < 1.29 is 0 Å². The van der Waals surface area contributed by atoms with Crippen LogP contribution in [-0.4, -0.2) is 0 Å². The average Bonchev–Trinajstić information content (AvgIpc) is 3.72.